The van der Waals surface area contributed by atoms with E-state index in [1.807, 2.05) is 0 Å². The van der Waals surface area contributed by atoms with Gasteiger partial charge >= 0.3 is 11.7 Å². The summed E-state index contributed by atoms with van der Waals surface area (Å²) < 4.78 is 16.8. The minimum atomic E-state index is -0.592. The maximum atomic E-state index is 11.9. The van der Waals surface area contributed by atoms with Gasteiger partial charge in [-0.05, 0) is 36.4 Å². The van der Waals surface area contributed by atoms with Crippen LogP contribution in [0.15, 0.2) is 57.7 Å². The first-order valence-electron chi connectivity index (χ1n) is 7.26. The van der Waals surface area contributed by atoms with E-state index in [0.29, 0.717) is 21.9 Å². The number of carbonyl (C=O) groups is 1. The summed E-state index contributed by atoms with van der Waals surface area (Å²) in [6, 6.07) is 13.7. The van der Waals surface area contributed by atoms with Crippen molar-refractivity contribution >= 4 is 28.7 Å². The molecule has 24 heavy (non-hydrogen) atoms. The number of nitrogens with zero attached hydrogens (tertiary/aromatic N) is 1. The monoisotopic (exact) mass is 347 g/mol. The number of hydrogen-bond acceptors (Lipinski definition) is 5. The van der Waals surface area contributed by atoms with Crippen molar-refractivity contribution in [3.8, 4) is 5.75 Å². The van der Waals surface area contributed by atoms with E-state index in [9.17, 15) is 9.59 Å². The highest BCUT2D eigenvalue weighted by molar-refractivity contribution is 6.30. The predicted molar refractivity (Wildman–Crippen MR) is 88.4 cm³/mol. The summed E-state index contributed by atoms with van der Waals surface area (Å²) in [7, 11) is 0. The van der Waals surface area contributed by atoms with Gasteiger partial charge in [-0.25, -0.2) is 4.79 Å². The van der Waals surface area contributed by atoms with Crippen LogP contribution < -0.4 is 10.5 Å². The van der Waals surface area contributed by atoms with E-state index in [-0.39, 0.29) is 19.8 Å². The molecule has 0 fully saturated rings. The highest BCUT2D eigenvalue weighted by atomic mass is 35.5. The van der Waals surface area contributed by atoms with Crippen LogP contribution in [-0.4, -0.2) is 23.8 Å². The van der Waals surface area contributed by atoms with Crippen molar-refractivity contribution in [2.75, 3.05) is 13.2 Å². The third kappa shape index (κ3) is 3.78. The summed E-state index contributed by atoms with van der Waals surface area (Å²) in [6.45, 7) is 0.0667. The number of ether oxygens (including phenoxy) is 2. The summed E-state index contributed by atoms with van der Waals surface area (Å²) in [5.41, 5.74) is 0.984. The average molecular weight is 348 g/mol. The van der Waals surface area contributed by atoms with E-state index >= 15 is 0 Å². The molecule has 0 bridgehead atoms. The van der Waals surface area contributed by atoms with E-state index in [2.05, 4.69) is 0 Å². The van der Waals surface area contributed by atoms with Crippen LogP contribution >= 0.6 is 11.6 Å². The molecule has 2 aromatic carbocycles. The number of oxazole rings is 1. The summed E-state index contributed by atoms with van der Waals surface area (Å²) in [6.07, 6.45) is 0. The van der Waals surface area contributed by atoms with Crippen LogP contribution in [0.25, 0.3) is 11.1 Å². The van der Waals surface area contributed by atoms with Gasteiger partial charge < -0.3 is 13.9 Å². The number of fused-ring (bicyclic) bond motifs is 1. The summed E-state index contributed by atoms with van der Waals surface area (Å²) >= 11 is 5.78. The maximum absolute atomic E-state index is 11.9. The van der Waals surface area contributed by atoms with Gasteiger partial charge in [0.15, 0.2) is 5.58 Å². The molecule has 1 heterocycles. The van der Waals surface area contributed by atoms with E-state index in [4.69, 9.17) is 25.5 Å². The van der Waals surface area contributed by atoms with Crippen LogP contribution in [0, 0.1) is 0 Å². The molecule has 7 heteroatoms. The fraction of sp³-hybridized carbons (Fsp3) is 0.176. The van der Waals surface area contributed by atoms with Gasteiger partial charge in [0.1, 0.15) is 25.5 Å². The molecule has 3 rings (SSSR count). The predicted octanol–water partition coefficient (Wildman–Crippen LogP) is 2.87. The molecule has 0 unspecified atom stereocenters. The zero-order valence-corrected chi connectivity index (χ0v) is 13.4. The lowest BCUT2D eigenvalue weighted by atomic mass is 10.3. The van der Waals surface area contributed by atoms with Crippen molar-refractivity contribution < 1.29 is 18.7 Å². The first kappa shape index (κ1) is 16.1. The Morgan fingerprint density at radius 2 is 1.83 bits per heavy atom. The van der Waals surface area contributed by atoms with Gasteiger partial charge in [0, 0.05) is 5.02 Å². The maximum Gasteiger partial charge on any atom is 0.420 e. The van der Waals surface area contributed by atoms with Crippen LogP contribution in [0.5, 0.6) is 5.75 Å². The molecule has 0 aliphatic heterocycles. The Morgan fingerprint density at radius 3 is 2.62 bits per heavy atom. The molecule has 3 aromatic rings. The zero-order valence-electron chi connectivity index (χ0n) is 12.6. The molecule has 0 spiro atoms. The molecule has 0 radical (unpaired) electrons. The van der Waals surface area contributed by atoms with E-state index in [1.54, 1.807) is 48.5 Å². The molecule has 0 atom stereocenters. The SMILES string of the molecule is O=C(Cn1c(=O)oc2ccccc21)OCCOc1ccc(Cl)cc1. The Bertz CT molecular complexity index is 897. The lowest BCUT2D eigenvalue weighted by Crippen LogP contribution is -2.23. The molecule has 0 N–H and O–H groups in total. The van der Waals surface area contributed by atoms with Crippen LogP contribution in [0.4, 0.5) is 0 Å². The first-order valence-corrected chi connectivity index (χ1v) is 7.63. The summed E-state index contributed by atoms with van der Waals surface area (Å²) in [5.74, 6) is -0.499. The minimum absolute atomic E-state index is 0.0754. The molecule has 124 valence electrons. The van der Waals surface area contributed by atoms with Crippen molar-refractivity contribution in [3.05, 3.63) is 64.1 Å². The summed E-state index contributed by atoms with van der Waals surface area (Å²) in [4.78, 5) is 23.6. The van der Waals surface area contributed by atoms with Gasteiger partial charge in [-0.2, -0.15) is 0 Å². The van der Waals surface area contributed by atoms with Crippen molar-refractivity contribution in [1.29, 1.82) is 0 Å². The molecule has 0 saturated carbocycles. The van der Waals surface area contributed by atoms with Crippen molar-refractivity contribution in [2.24, 2.45) is 0 Å². The fourth-order valence-electron chi connectivity index (χ4n) is 2.18. The minimum Gasteiger partial charge on any atom is -0.490 e. The van der Waals surface area contributed by atoms with Gasteiger partial charge in [-0.15, -0.1) is 0 Å². The van der Waals surface area contributed by atoms with Crippen molar-refractivity contribution in [1.82, 2.24) is 4.57 Å². The van der Waals surface area contributed by atoms with Crippen LogP contribution in [-0.2, 0) is 16.1 Å². The number of esters is 1. The topological polar surface area (TPSA) is 70.7 Å². The van der Waals surface area contributed by atoms with Crippen molar-refractivity contribution in [2.45, 2.75) is 6.54 Å². The number of benzene rings is 2. The Kier molecular flexibility index (Phi) is 4.86. The van der Waals surface area contributed by atoms with Crippen LogP contribution in [0.3, 0.4) is 0 Å². The molecular formula is C17H14ClNO5. The van der Waals surface area contributed by atoms with Gasteiger partial charge in [0.05, 0.1) is 5.52 Å². The number of halogens is 1. The number of rotatable bonds is 6. The zero-order chi connectivity index (χ0) is 16.9. The highest BCUT2D eigenvalue weighted by Gasteiger charge is 2.13. The normalized spacial score (nSPS) is 10.7. The Balaban J connectivity index is 1.51. The van der Waals surface area contributed by atoms with Gasteiger partial charge in [0.2, 0.25) is 0 Å². The van der Waals surface area contributed by atoms with Gasteiger partial charge in [-0.1, -0.05) is 23.7 Å². The van der Waals surface area contributed by atoms with E-state index in [1.165, 1.54) is 4.57 Å². The highest BCUT2D eigenvalue weighted by Crippen LogP contribution is 2.15. The number of carbonyl (C=O) groups excluding carboxylic acids is 1. The average Bonchev–Trinajstić information content (AvgIpc) is 2.89. The second-order valence-corrected chi connectivity index (χ2v) is 5.38. The smallest absolute Gasteiger partial charge is 0.420 e. The second-order valence-electron chi connectivity index (χ2n) is 4.94. The Morgan fingerprint density at radius 1 is 1.08 bits per heavy atom. The standard InChI is InChI=1S/C17H14ClNO5/c18-12-5-7-13(8-6-12)22-9-10-23-16(20)11-19-14-3-1-2-4-15(14)24-17(19)21/h1-8H,9-11H2. The van der Waals surface area contributed by atoms with Crippen LogP contribution in [0.1, 0.15) is 0 Å². The molecule has 0 amide bonds. The van der Waals surface area contributed by atoms with E-state index in [0.717, 1.165) is 0 Å². The largest absolute Gasteiger partial charge is 0.490 e. The third-order valence-electron chi connectivity index (χ3n) is 3.29. The van der Waals surface area contributed by atoms with Crippen LogP contribution in [0.2, 0.25) is 5.02 Å². The Hall–Kier alpha value is -2.73. The summed E-state index contributed by atoms with van der Waals surface area (Å²) in [5, 5.41) is 0.617. The first-order chi connectivity index (χ1) is 11.6. The fourth-order valence-corrected chi connectivity index (χ4v) is 2.31. The number of aromatic nitrogens is 1. The third-order valence-corrected chi connectivity index (χ3v) is 3.54. The lowest BCUT2D eigenvalue weighted by Gasteiger charge is -2.07. The molecule has 6 nitrogen and oxygen atoms in total. The number of hydrogen-bond donors (Lipinski definition) is 0. The van der Waals surface area contributed by atoms with E-state index < -0.39 is 11.7 Å². The second kappa shape index (κ2) is 7.23. The Labute approximate surface area is 142 Å². The lowest BCUT2D eigenvalue weighted by molar-refractivity contribution is -0.145. The van der Waals surface area contributed by atoms with Gasteiger partial charge in [0.25, 0.3) is 0 Å². The van der Waals surface area contributed by atoms with Gasteiger partial charge in [-0.3, -0.25) is 9.36 Å². The molecule has 0 saturated heterocycles. The molecule has 1 aromatic heterocycles. The number of para-hydroxylation sites is 2. The molecular weight excluding hydrogens is 334 g/mol. The molecule has 0 aliphatic carbocycles. The quantitative estimate of drug-likeness (QED) is 0.506. The van der Waals surface area contributed by atoms with Crippen molar-refractivity contribution in [3.63, 3.8) is 0 Å². The molecule has 0 aliphatic rings.